The van der Waals surface area contributed by atoms with E-state index < -0.39 is 0 Å². The fourth-order valence-electron chi connectivity index (χ4n) is 3.33. The molecule has 0 amide bonds. The number of nitrogen functional groups attached to an aromatic ring is 1. The average molecular weight is 443 g/mol. The van der Waals surface area contributed by atoms with Gasteiger partial charge in [-0.2, -0.15) is 0 Å². The summed E-state index contributed by atoms with van der Waals surface area (Å²) in [7, 11) is 0. The van der Waals surface area contributed by atoms with E-state index in [1.807, 2.05) is 32.0 Å². The molecule has 3 N–H and O–H groups in total. The Labute approximate surface area is 187 Å². The maximum atomic E-state index is 13.2. The van der Waals surface area contributed by atoms with Gasteiger partial charge >= 0.3 is 5.95 Å². The second-order valence-electron chi connectivity index (χ2n) is 8.54. The lowest BCUT2D eigenvalue weighted by molar-refractivity contribution is -0.723. The first-order chi connectivity index (χ1) is 15.2. The van der Waals surface area contributed by atoms with E-state index in [0.29, 0.717) is 29.4 Å². The van der Waals surface area contributed by atoms with Crippen LogP contribution in [0.4, 0.5) is 5.95 Å². The van der Waals surface area contributed by atoms with Crippen molar-refractivity contribution in [2.45, 2.75) is 53.0 Å². The highest BCUT2D eigenvalue weighted by Crippen LogP contribution is 2.28. The maximum Gasteiger partial charge on any atom is 0.401 e. The van der Waals surface area contributed by atoms with Crippen molar-refractivity contribution >= 4 is 17.4 Å². The first-order valence-corrected chi connectivity index (χ1v) is 10.8. The Balaban J connectivity index is 1.98. The summed E-state index contributed by atoms with van der Waals surface area (Å²) < 4.78 is 14.1. The van der Waals surface area contributed by atoms with Crippen molar-refractivity contribution in [3.05, 3.63) is 41.0 Å². The number of nitrogens with two attached hydrogens (primary N) is 1. The van der Waals surface area contributed by atoms with Crippen LogP contribution < -0.4 is 19.9 Å². The Bertz CT molecular complexity index is 1120. The van der Waals surface area contributed by atoms with Gasteiger partial charge in [0.25, 0.3) is 5.65 Å². The summed E-state index contributed by atoms with van der Waals surface area (Å²) in [5, 5.41) is 18.0. The smallest absolute Gasteiger partial charge is 0.401 e. The molecule has 32 heavy (non-hydrogen) atoms. The van der Waals surface area contributed by atoms with Gasteiger partial charge in [-0.1, -0.05) is 42.4 Å². The molecule has 9 nitrogen and oxygen atoms in total. The number of anilines is 1. The van der Waals surface area contributed by atoms with E-state index in [1.54, 1.807) is 6.07 Å². The largest absolute Gasteiger partial charge is 0.491 e. The standard InChI is InChI=1S/C23H31N5O4/c1-6-15-12-20(31-7-2)25-28-21(15)26-27(22(28)24)14-19(30)16-10-17(23(3,4)5)13-18(11-16)32-9-8-29/h10-13,24,29H,6-9,14H2,1-5H3/p+1. The van der Waals surface area contributed by atoms with Gasteiger partial charge in [0.15, 0.2) is 12.3 Å². The zero-order valence-electron chi connectivity index (χ0n) is 19.4. The van der Waals surface area contributed by atoms with Gasteiger partial charge in [0.2, 0.25) is 5.88 Å². The number of rotatable bonds is 9. The molecule has 3 aromatic rings. The van der Waals surface area contributed by atoms with E-state index in [-0.39, 0.29) is 36.9 Å². The molecule has 0 atom stereocenters. The highest BCUT2D eigenvalue weighted by atomic mass is 16.5. The van der Waals surface area contributed by atoms with E-state index >= 15 is 0 Å². The monoisotopic (exact) mass is 442 g/mol. The number of nitrogens with zero attached hydrogens (tertiary/aromatic N) is 4. The van der Waals surface area contributed by atoms with Gasteiger partial charge in [0, 0.05) is 17.2 Å². The van der Waals surface area contributed by atoms with Gasteiger partial charge < -0.3 is 14.6 Å². The molecule has 0 aliphatic carbocycles. The molecular formula is C23H32N5O4+. The van der Waals surface area contributed by atoms with Gasteiger partial charge in [-0.05, 0) is 42.5 Å². The molecule has 2 aromatic heterocycles. The predicted molar refractivity (Wildman–Crippen MR) is 120 cm³/mol. The van der Waals surface area contributed by atoms with Crippen LogP contribution >= 0.6 is 0 Å². The third-order valence-electron chi connectivity index (χ3n) is 5.10. The zero-order chi connectivity index (χ0) is 23.5. The predicted octanol–water partition coefficient (Wildman–Crippen LogP) is 2.11. The van der Waals surface area contributed by atoms with Crippen LogP contribution in [0, 0.1) is 0 Å². The quantitative estimate of drug-likeness (QED) is 0.385. The van der Waals surface area contributed by atoms with Crippen molar-refractivity contribution in [2.75, 3.05) is 25.6 Å². The molecule has 0 aliphatic rings. The number of hydrogen-bond donors (Lipinski definition) is 2. The molecule has 0 fully saturated rings. The van der Waals surface area contributed by atoms with Gasteiger partial charge in [-0.3, -0.25) is 10.5 Å². The summed E-state index contributed by atoms with van der Waals surface area (Å²) in [5.74, 6) is 1.09. The fraction of sp³-hybridized carbons (Fsp3) is 0.478. The van der Waals surface area contributed by atoms with Gasteiger partial charge in [0.1, 0.15) is 12.4 Å². The minimum absolute atomic E-state index is 0.0463. The molecular weight excluding hydrogens is 410 g/mol. The summed E-state index contributed by atoms with van der Waals surface area (Å²) in [6.45, 7) is 10.6. The topological polar surface area (TPSA) is 116 Å². The van der Waals surface area contributed by atoms with Crippen LogP contribution in [-0.2, 0) is 18.4 Å². The van der Waals surface area contributed by atoms with Crippen LogP contribution in [-0.4, -0.2) is 45.4 Å². The number of ether oxygens (including phenoxy) is 2. The SMILES string of the molecule is CCOc1cc(CC)c2n[n+](CC(=O)c3cc(OCCO)cc(C(C)(C)C)c3)c(N)n2n1. The zero-order valence-corrected chi connectivity index (χ0v) is 19.4. The van der Waals surface area contributed by atoms with Crippen LogP contribution in [0.1, 0.15) is 56.1 Å². The third-order valence-corrected chi connectivity index (χ3v) is 5.10. The molecule has 0 bridgehead atoms. The summed E-state index contributed by atoms with van der Waals surface area (Å²) in [6, 6.07) is 7.28. The average Bonchev–Trinajstić information content (AvgIpc) is 3.06. The number of carbonyl (C=O) groups excluding carboxylic acids is 1. The van der Waals surface area contributed by atoms with E-state index in [1.165, 1.54) is 9.20 Å². The maximum absolute atomic E-state index is 13.2. The molecule has 0 unspecified atom stereocenters. The number of Topliss-reactive ketones (excluding diaryl/α,β-unsaturated/α-hetero) is 1. The highest BCUT2D eigenvalue weighted by molar-refractivity contribution is 5.95. The van der Waals surface area contributed by atoms with E-state index in [0.717, 1.165) is 17.5 Å². The number of aromatic nitrogens is 4. The minimum Gasteiger partial charge on any atom is -0.491 e. The number of aliphatic hydroxyl groups is 1. The number of benzene rings is 1. The lowest BCUT2D eigenvalue weighted by Gasteiger charge is -2.21. The van der Waals surface area contributed by atoms with Crippen LogP contribution in [0.15, 0.2) is 24.3 Å². The van der Waals surface area contributed by atoms with Crippen LogP contribution in [0.3, 0.4) is 0 Å². The van der Waals surface area contributed by atoms with Crippen molar-refractivity contribution in [1.29, 1.82) is 0 Å². The normalized spacial score (nSPS) is 11.7. The number of aryl methyl sites for hydroxylation is 1. The van der Waals surface area contributed by atoms with Gasteiger partial charge in [-0.15, -0.1) is 4.68 Å². The number of ketones is 1. The number of aliphatic hydroxyl groups excluding tert-OH is 1. The lowest BCUT2D eigenvalue weighted by atomic mass is 9.85. The molecule has 3 rings (SSSR count). The second kappa shape index (κ2) is 9.52. The lowest BCUT2D eigenvalue weighted by Crippen LogP contribution is -2.42. The summed E-state index contributed by atoms with van der Waals surface area (Å²) in [6.07, 6.45) is 0.718. The molecule has 1 aromatic carbocycles. The van der Waals surface area contributed by atoms with Crippen molar-refractivity contribution in [3.8, 4) is 11.6 Å². The Morgan fingerprint density at radius 1 is 1.19 bits per heavy atom. The highest BCUT2D eigenvalue weighted by Gasteiger charge is 2.25. The second-order valence-corrected chi connectivity index (χ2v) is 8.54. The molecule has 172 valence electrons. The molecule has 0 spiro atoms. The van der Waals surface area contributed by atoms with Crippen molar-refractivity contribution in [3.63, 3.8) is 0 Å². The van der Waals surface area contributed by atoms with E-state index in [4.69, 9.17) is 20.3 Å². The molecule has 0 aliphatic heterocycles. The minimum atomic E-state index is -0.182. The number of fused-ring (bicyclic) bond motifs is 1. The molecule has 0 saturated heterocycles. The first kappa shape index (κ1) is 23.5. The number of carbonyl (C=O) groups is 1. The van der Waals surface area contributed by atoms with Gasteiger partial charge in [0.05, 0.1) is 13.2 Å². The Morgan fingerprint density at radius 3 is 2.56 bits per heavy atom. The summed E-state index contributed by atoms with van der Waals surface area (Å²) >= 11 is 0. The molecule has 9 heteroatoms. The third kappa shape index (κ3) is 4.99. The van der Waals surface area contributed by atoms with Crippen molar-refractivity contribution in [1.82, 2.24) is 14.7 Å². The summed E-state index contributed by atoms with van der Waals surface area (Å²) in [4.78, 5) is 13.2. The first-order valence-electron chi connectivity index (χ1n) is 10.8. The number of hydrogen-bond acceptors (Lipinski definition) is 7. The van der Waals surface area contributed by atoms with Crippen LogP contribution in [0.5, 0.6) is 11.6 Å². The van der Waals surface area contributed by atoms with Crippen LogP contribution in [0.25, 0.3) is 5.65 Å². The molecule has 0 radical (unpaired) electrons. The van der Waals surface area contributed by atoms with Gasteiger partial charge in [-0.25, -0.2) is 0 Å². The Kier molecular flexibility index (Phi) is 6.98. The molecule has 0 saturated carbocycles. The van der Waals surface area contributed by atoms with E-state index in [9.17, 15) is 4.79 Å². The fourth-order valence-corrected chi connectivity index (χ4v) is 3.33. The van der Waals surface area contributed by atoms with Crippen molar-refractivity contribution < 1.29 is 24.1 Å². The molecule has 2 heterocycles. The van der Waals surface area contributed by atoms with E-state index in [2.05, 4.69) is 31.0 Å². The van der Waals surface area contributed by atoms with Crippen molar-refractivity contribution in [2.24, 2.45) is 0 Å². The Hall–Kier alpha value is -3.20. The van der Waals surface area contributed by atoms with Crippen LogP contribution in [0.2, 0.25) is 0 Å². The Morgan fingerprint density at radius 2 is 1.94 bits per heavy atom. The summed E-state index contributed by atoms with van der Waals surface area (Å²) in [5.41, 5.74) is 9.08.